The molecule has 2 fully saturated rings. The molecular weight excluding hydrogens is 442 g/mol. The number of nitrogens with one attached hydrogen (secondary N) is 3. The molecule has 1 aromatic heterocycles. The first-order chi connectivity index (χ1) is 16.9. The van der Waals surface area contributed by atoms with Gasteiger partial charge in [0.05, 0.1) is 12.5 Å². The molecule has 8 nitrogen and oxygen atoms in total. The van der Waals surface area contributed by atoms with Crippen LogP contribution in [0.3, 0.4) is 0 Å². The molecule has 2 atom stereocenters. The number of hydrogen-bond donors (Lipinski definition) is 3. The van der Waals surface area contributed by atoms with Gasteiger partial charge in [-0.3, -0.25) is 14.4 Å². The molecule has 1 saturated heterocycles. The van der Waals surface area contributed by atoms with Crippen molar-refractivity contribution in [1.82, 2.24) is 25.5 Å². The summed E-state index contributed by atoms with van der Waals surface area (Å²) < 4.78 is 0. The Balaban J connectivity index is 1.63. The van der Waals surface area contributed by atoms with Crippen LogP contribution in [0.2, 0.25) is 0 Å². The first-order valence-electron chi connectivity index (χ1n) is 12.9. The van der Waals surface area contributed by atoms with Gasteiger partial charge in [0.25, 0.3) is 5.91 Å². The highest BCUT2D eigenvalue weighted by molar-refractivity contribution is 5.96. The third-order valence-electron chi connectivity index (χ3n) is 7.29. The second-order valence-corrected chi connectivity index (χ2v) is 10.2. The average molecular weight is 480 g/mol. The number of aromatic nitrogens is 2. The summed E-state index contributed by atoms with van der Waals surface area (Å²) in [5.41, 5.74) is 2.48. The molecule has 1 aromatic carbocycles. The van der Waals surface area contributed by atoms with Gasteiger partial charge in [-0.1, -0.05) is 57.4 Å². The number of imidazole rings is 1. The number of H-pyrrole nitrogens is 1. The Bertz CT molecular complexity index is 996. The number of aromatic amines is 1. The van der Waals surface area contributed by atoms with Crippen molar-refractivity contribution in [2.75, 3.05) is 6.54 Å². The molecule has 3 N–H and O–H groups in total. The van der Waals surface area contributed by atoms with Crippen molar-refractivity contribution in [2.24, 2.45) is 5.92 Å². The Morgan fingerprint density at radius 3 is 2.46 bits per heavy atom. The zero-order valence-corrected chi connectivity index (χ0v) is 20.8. The molecule has 1 aliphatic heterocycles. The van der Waals surface area contributed by atoms with E-state index in [1.807, 2.05) is 12.1 Å². The molecule has 2 aromatic rings. The normalized spacial score (nSPS) is 19.4. The van der Waals surface area contributed by atoms with Crippen LogP contribution in [0.15, 0.2) is 36.8 Å². The Labute approximate surface area is 207 Å². The molecule has 2 aliphatic rings. The number of amides is 3. The zero-order chi connectivity index (χ0) is 24.8. The SMILES string of the molecule is CC(C)c1ccc(CN(C(=O)c2cnc[nH]2)C(C[C@@H]2CCNC2=O)C(=O)NC2CCCCC2)cc1. The molecule has 1 saturated carbocycles. The number of nitrogens with zero attached hydrogens (tertiary/aromatic N) is 2. The molecule has 0 spiro atoms. The van der Waals surface area contributed by atoms with Gasteiger partial charge in [-0.25, -0.2) is 4.98 Å². The predicted molar refractivity (Wildman–Crippen MR) is 134 cm³/mol. The topological polar surface area (TPSA) is 107 Å². The lowest BCUT2D eigenvalue weighted by Gasteiger charge is -2.34. The fourth-order valence-corrected chi connectivity index (χ4v) is 5.12. The molecule has 8 heteroatoms. The fourth-order valence-electron chi connectivity index (χ4n) is 5.12. The van der Waals surface area contributed by atoms with E-state index in [0.717, 1.165) is 31.2 Å². The Morgan fingerprint density at radius 1 is 1.11 bits per heavy atom. The van der Waals surface area contributed by atoms with Gasteiger partial charge in [-0.2, -0.15) is 0 Å². The highest BCUT2D eigenvalue weighted by atomic mass is 16.2. The Morgan fingerprint density at radius 2 is 1.86 bits per heavy atom. The first-order valence-corrected chi connectivity index (χ1v) is 12.9. The number of benzene rings is 1. The van der Waals surface area contributed by atoms with E-state index in [-0.39, 0.29) is 36.2 Å². The highest BCUT2D eigenvalue weighted by Crippen LogP contribution is 2.25. The van der Waals surface area contributed by atoms with Crippen LogP contribution in [0.1, 0.15) is 86.3 Å². The smallest absolute Gasteiger partial charge is 0.272 e. The zero-order valence-electron chi connectivity index (χ0n) is 20.8. The summed E-state index contributed by atoms with van der Waals surface area (Å²) in [4.78, 5) is 48.3. The van der Waals surface area contributed by atoms with E-state index >= 15 is 0 Å². The monoisotopic (exact) mass is 479 g/mol. The summed E-state index contributed by atoms with van der Waals surface area (Å²) >= 11 is 0. The number of carbonyl (C=O) groups excluding carboxylic acids is 3. The third-order valence-corrected chi connectivity index (χ3v) is 7.29. The minimum absolute atomic E-state index is 0.0457. The molecule has 3 amide bonds. The van der Waals surface area contributed by atoms with Gasteiger partial charge in [0.15, 0.2) is 0 Å². The maximum absolute atomic E-state index is 13.7. The lowest BCUT2D eigenvalue weighted by molar-refractivity contribution is -0.128. The maximum atomic E-state index is 13.7. The number of rotatable bonds is 9. The van der Waals surface area contributed by atoms with Crippen molar-refractivity contribution in [3.8, 4) is 0 Å². The van der Waals surface area contributed by atoms with Crippen LogP contribution >= 0.6 is 0 Å². The van der Waals surface area contributed by atoms with Crippen molar-refractivity contribution < 1.29 is 14.4 Å². The summed E-state index contributed by atoms with van der Waals surface area (Å²) in [6.45, 7) is 5.15. The van der Waals surface area contributed by atoms with Crippen LogP contribution in [0, 0.1) is 5.92 Å². The van der Waals surface area contributed by atoms with E-state index in [0.29, 0.717) is 31.0 Å². The lowest BCUT2D eigenvalue weighted by Crippen LogP contribution is -2.53. The van der Waals surface area contributed by atoms with Crippen LogP contribution in [0.25, 0.3) is 0 Å². The molecule has 0 bridgehead atoms. The largest absolute Gasteiger partial charge is 0.356 e. The van der Waals surface area contributed by atoms with Crippen molar-refractivity contribution in [3.63, 3.8) is 0 Å². The third kappa shape index (κ3) is 6.29. The van der Waals surface area contributed by atoms with E-state index in [9.17, 15) is 14.4 Å². The average Bonchev–Trinajstić information content (AvgIpc) is 3.54. The van der Waals surface area contributed by atoms with Gasteiger partial charge >= 0.3 is 0 Å². The van der Waals surface area contributed by atoms with Crippen LogP contribution in [0.4, 0.5) is 0 Å². The standard InChI is InChI=1S/C27H37N5O3/c1-18(2)20-10-8-19(9-11-20)16-32(27(35)23-15-28-17-30-23)24(14-21-12-13-29-25(21)33)26(34)31-22-6-4-3-5-7-22/h8-11,15,17-18,21-22,24H,3-7,12-14,16H2,1-2H3,(H,28,30)(H,29,33)(H,31,34)/t21-,24?/m0/s1. The molecule has 1 aliphatic carbocycles. The summed E-state index contributed by atoms with van der Waals surface area (Å²) in [6.07, 6.45) is 9.20. The van der Waals surface area contributed by atoms with Crippen LogP contribution < -0.4 is 10.6 Å². The molecule has 0 radical (unpaired) electrons. The molecule has 4 rings (SSSR count). The van der Waals surface area contributed by atoms with Crippen LogP contribution in [0.5, 0.6) is 0 Å². The molecule has 1 unspecified atom stereocenters. The Kier molecular flexibility index (Phi) is 8.21. The maximum Gasteiger partial charge on any atom is 0.272 e. The summed E-state index contributed by atoms with van der Waals surface area (Å²) in [7, 11) is 0. The van der Waals surface area contributed by atoms with Crippen molar-refractivity contribution >= 4 is 17.7 Å². The molecule has 2 heterocycles. The van der Waals surface area contributed by atoms with Gasteiger partial charge in [-0.05, 0) is 42.7 Å². The van der Waals surface area contributed by atoms with E-state index in [4.69, 9.17) is 0 Å². The lowest BCUT2D eigenvalue weighted by atomic mass is 9.93. The second kappa shape index (κ2) is 11.5. The minimum Gasteiger partial charge on any atom is -0.356 e. The Hall–Kier alpha value is -3.16. The van der Waals surface area contributed by atoms with Crippen molar-refractivity contribution in [2.45, 2.75) is 83.3 Å². The van der Waals surface area contributed by atoms with E-state index in [1.54, 1.807) is 4.90 Å². The first kappa shape index (κ1) is 24.9. The van der Waals surface area contributed by atoms with Crippen LogP contribution in [-0.4, -0.2) is 51.2 Å². The van der Waals surface area contributed by atoms with Crippen molar-refractivity contribution in [3.05, 3.63) is 53.6 Å². The van der Waals surface area contributed by atoms with Crippen molar-refractivity contribution in [1.29, 1.82) is 0 Å². The van der Waals surface area contributed by atoms with Gasteiger partial charge in [0.1, 0.15) is 11.7 Å². The quantitative estimate of drug-likeness (QED) is 0.511. The van der Waals surface area contributed by atoms with E-state index in [1.165, 1.54) is 24.5 Å². The van der Waals surface area contributed by atoms with Gasteiger partial charge in [-0.15, -0.1) is 0 Å². The molecular formula is C27H37N5O3. The van der Waals surface area contributed by atoms with Crippen LogP contribution in [-0.2, 0) is 16.1 Å². The van der Waals surface area contributed by atoms with Gasteiger partial charge < -0.3 is 20.5 Å². The summed E-state index contributed by atoms with van der Waals surface area (Å²) in [6, 6.07) is 7.53. The van der Waals surface area contributed by atoms with Gasteiger partial charge in [0.2, 0.25) is 11.8 Å². The van der Waals surface area contributed by atoms with E-state index in [2.05, 4.69) is 46.6 Å². The minimum atomic E-state index is -0.758. The van der Waals surface area contributed by atoms with E-state index < -0.39 is 6.04 Å². The molecule has 188 valence electrons. The van der Waals surface area contributed by atoms with Gasteiger partial charge in [0, 0.05) is 25.0 Å². The molecule has 35 heavy (non-hydrogen) atoms. The number of hydrogen-bond acceptors (Lipinski definition) is 4. The second-order valence-electron chi connectivity index (χ2n) is 10.2. The fraction of sp³-hybridized carbons (Fsp3) is 0.556. The predicted octanol–water partition coefficient (Wildman–Crippen LogP) is 3.52. The summed E-state index contributed by atoms with van der Waals surface area (Å²) in [5.74, 6) is -0.407. The highest BCUT2D eigenvalue weighted by Gasteiger charge is 2.37. The number of carbonyl (C=O) groups is 3. The summed E-state index contributed by atoms with van der Waals surface area (Å²) in [5, 5.41) is 6.08.